The molecule has 5 nitrogen and oxygen atoms in total. The van der Waals surface area contributed by atoms with E-state index in [-0.39, 0.29) is 23.7 Å². The molecule has 1 amide bonds. The van der Waals surface area contributed by atoms with Crippen LogP contribution in [0.4, 0.5) is 10.3 Å². The van der Waals surface area contributed by atoms with Crippen molar-refractivity contribution in [3.05, 3.63) is 95.8 Å². The summed E-state index contributed by atoms with van der Waals surface area (Å²) in [6.45, 7) is 4.18. The van der Waals surface area contributed by atoms with E-state index in [0.717, 1.165) is 54.0 Å². The van der Waals surface area contributed by atoms with Crippen LogP contribution in [0.3, 0.4) is 0 Å². The zero-order valence-corrected chi connectivity index (χ0v) is 19.3. The zero-order valence-electron chi connectivity index (χ0n) is 19.3. The minimum Gasteiger partial charge on any atom is -0.349 e. The Morgan fingerprint density at radius 3 is 2.41 bits per heavy atom. The molecule has 1 aliphatic heterocycles. The fourth-order valence-electron chi connectivity index (χ4n) is 4.73. The van der Waals surface area contributed by atoms with Gasteiger partial charge in [-0.2, -0.15) is 0 Å². The summed E-state index contributed by atoms with van der Waals surface area (Å²) in [6.07, 6.45) is 1.57. The molecule has 4 aromatic rings. The maximum atomic E-state index is 13.4. The average molecular weight is 457 g/mol. The van der Waals surface area contributed by atoms with Crippen LogP contribution >= 0.6 is 0 Å². The van der Waals surface area contributed by atoms with Crippen LogP contribution in [0.15, 0.2) is 78.9 Å². The first-order valence-corrected chi connectivity index (χ1v) is 11.9. The summed E-state index contributed by atoms with van der Waals surface area (Å²) in [7, 11) is 0. The summed E-state index contributed by atoms with van der Waals surface area (Å²) in [4.78, 5) is 20.1. The number of anilines is 1. The molecule has 1 fully saturated rings. The van der Waals surface area contributed by atoms with Gasteiger partial charge in [0.2, 0.25) is 11.9 Å². The van der Waals surface area contributed by atoms with E-state index in [1.165, 1.54) is 12.1 Å². The standard InChI is InChI=1S/C28H29FN4O/c1-20(22-7-3-2-4-8-22)30-27(34)23-15-17-32(18-16-23)28-31-25-9-5-6-10-26(25)33(28)19-21-11-13-24(29)14-12-21/h2-14,20,23H,15-19H2,1H3,(H,30,34)/t20-/m0/s1. The lowest BCUT2D eigenvalue weighted by Crippen LogP contribution is -2.42. The van der Waals surface area contributed by atoms with E-state index in [1.807, 2.05) is 67.6 Å². The molecule has 0 bridgehead atoms. The Balaban J connectivity index is 1.30. The number of carbonyl (C=O) groups excluding carboxylic acids is 1. The number of amides is 1. The summed E-state index contributed by atoms with van der Waals surface area (Å²) >= 11 is 0. The van der Waals surface area contributed by atoms with E-state index in [4.69, 9.17) is 4.98 Å². The Kier molecular flexibility index (Phi) is 6.30. The molecule has 0 unspecified atom stereocenters. The number of hydrogen-bond acceptors (Lipinski definition) is 3. The van der Waals surface area contributed by atoms with Crippen LogP contribution in [0.1, 0.15) is 36.9 Å². The van der Waals surface area contributed by atoms with Gasteiger partial charge in [0.25, 0.3) is 0 Å². The predicted octanol–water partition coefficient (Wildman–Crippen LogP) is 5.32. The van der Waals surface area contributed by atoms with Gasteiger partial charge in [0.05, 0.1) is 23.6 Å². The number of fused-ring (bicyclic) bond motifs is 1. The van der Waals surface area contributed by atoms with Gasteiger partial charge in [-0.1, -0.05) is 54.6 Å². The number of carbonyl (C=O) groups is 1. The minimum atomic E-state index is -0.235. The smallest absolute Gasteiger partial charge is 0.223 e. The Morgan fingerprint density at radius 2 is 1.68 bits per heavy atom. The van der Waals surface area contributed by atoms with Crippen LogP contribution in [-0.2, 0) is 11.3 Å². The molecule has 2 heterocycles. The van der Waals surface area contributed by atoms with Gasteiger partial charge in [0, 0.05) is 19.0 Å². The van der Waals surface area contributed by atoms with Gasteiger partial charge in [0.15, 0.2) is 0 Å². The van der Waals surface area contributed by atoms with Crippen molar-refractivity contribution in [2.45, 2.75) is 32.4 Å². The molecule has 1 atom stereocenters. The number of para-hydroxylation sites is 2. The third-order valence-corrected chi connectivity index (χ3v) is 6.70. The molecule has 1 saturated heterocycles. The highest BCUT2D eigenvalue weighted by Crippen LogP contribution is 2.28. The van der Waals surface area contributed by atoms with Crippen molar-refractivity contribution in [1.29, 1.82) is 0 Å². The van der Waals surface area contributed by atoms with Crippen molar-refractivity contribution in [3.8, 4) is 0 Å². The molecule has 6 heteroatoms. The van der Waals surface area contributed by atoms with Gasteiger partial charge in [-0.15, -0.1) is 0 Å². The molecular weight excluding hydrogens is 427 g/mol. The third kappa shape index (κ3) is 4.67. The average Bonchev–Trinajstić information content (AvgIpc) is 3.24. The van der Waals surface area contributed by atoms with Gasteiger partial charge in [0.1, 0.15) is 5.82 Å². The highest BCUT2D eigenvalue weighted by Gasteiger charge is 2.28. The first kappa shape index (κ1) is 22.1. The molecule has 1 aromatic heterocycles. The van der Waals surface area contributed by atoms with Crippen LogP contribution in [-0.4, -0.2) is 28.5 Å². The molecule has 1 N–H and O–H groups in total. The quantitative estimate of drug-likeness (QED) is 0.427. The van der Waals surface area contributed by atoms with E-state index < -0.39 is 0 Å². The summed E-state index contributed by atoms with van der Waals surface area (Å²) in [5.74, 6) is 0.789. The van der Waals surface area contributed by atoms with Crippen LogP contribution in [0, 0.1) is 11.7 Å². The first-order chi connectivity index (χ1) is 16.6. The van der Waals surface area contributed by atoms with Crippen LogP contribution in [0.5, 0.6) is 0 Å². The van der Waals surface area contributed by atoms with Crippen LogP contribution in [0.2, 0.25) is 0 Å². The Bertz CT molecular complexity index is 1260. The molecule has 5 rings (SSSR count). The number of rotatable bonds is 6. The largest absolute Gasteiger partial charge is 0.349 e. The van der Waals surface area contributed by atoms with Crippen LogP contribution < -0.4 is 10.2 Å². The number of benzene rings is 3. The fraction of sp³-hybridized carbons (Fsp3) is 0.286. The topological polar surface area (TPSA) is 50.2 Å². The first-order valence-electron chi connectivity index (χ1n) is 11.9. The lowest BCUT2D eigenvalue weighted by molar-refractivity contribution is -0.126. The number of aromatic nitrogens is 2. The zero-order chi connectivity index (χ0) is 23.5. The summed E-state index contributed by atoms with van der Waals surface area (Å²) in [5.41, 5.74) is 4.13. The van der Waals surface area contributed by atoms with Crippen molar-refractivity contribution in [2.24, 2.45) is 5.92 Å². The molecule has 1 aliphatic rings. The highest BCUT2D eigenvalue weighted by molar-refractivity contribution is 5.80. The second kappa shape index (κ2) is 9.67. The Labute approximate surface area is 199 Å². The molecule has 0 radical (unpaired) electrons. The van der Waals surface area contributed by atoms with Crippen molar-refractivity contribution >= 4 is 22.9 Å². The molecule has 174 valence electrons. The summed E-state index contributed by atoms with van der Waals surface area (Å²) in [5, 5.41) is 3.18. The normalized spacial score (nSPS) is 15.4. The summed E-state index contributed by atoms with van der Waals surface area (Å²) < 4.78 is 15.6. The molecule has 0 spiro atoms. The highest BCUT2D eigenvalue weighted by atomic mass is 19.1. The number of imidazole rings is 1. The molecular formula is C28H29FN4O. The Hall–Kier alpha value is -3.67. The van der Waals surface area contributed by atoms with Crippen molar-refractivity contribution in [2.75, 3.05) is 18.0 Å². The van der Waals surface area contributed by atoms with Gasteiger partial charge in [-0.25, -0.2) is 9.37 Å². The Morgan fingerprint density at radius 1 is 1.00 bits per heavy atom. The maximum absolute atomic E-state index is 13.4. The second-order valence-electron chi connectivity index (χ2n) is 9.02. The minimum absolute atomic E-state index is 0.00246. The van der Waals surface area contributed by atoms with Crippen LogP contribution in [0.25, 0.3) is 11.0 Å². The number of piperidine rings is 1. The second-order valence-corrected chi connectivity index (χ2v) is 9.02. The van der Waals surface area contributed by atoms with E-state index in [0.29, 0.717) is 6.54 Å². The third-order valence-electron chi connectivity index (χ3n) is 6.70. The predicted molar refractivity (Wildman–Crippen MR) is 133 cm³/mol. The maximum Gasteiger partial charge on any atom is 0.223 e. The summed E-state index contributed by atoms with van der Waals surface area (Å²) in [6, 6.07) is 24.8. The lowest BCUT2D eigenvalue weighted by atomic mass is 9.95. The van der Waals surface area contributed by atoms with Crippen molar-refractivity contribution in [1.82, 2.24) is 14.9 Å². The van der Waals surface area contributed by atoms with Gasteiger partial charge >= 0.3 is 0 Å². The number of halogens is 1. The van der Waals surface area contributed by atoms with E-state index >= 15 is 0 Å². The molecule has 0 saturated carbocycles. The number of nitrogens with one attached hydrogen (secondary N) is 1. The van der Waals surface area contributed by atoms with E-state index in [1.54, 1.807) is 0 Å². The van der Waals surface area contributed by atoms with E-state index in [2.05, 4.69) is 20.9 Å². The SMILES string of the molecule is C[C@H](NC(=O)C1CCN(c2nc3ccccc3n2Cc2ccc(F)cc2)CC1)c1ccccc1. The fourth-order valence-corrected chi connectivity index (χ4v) is 4.73. The van der Waals surface area contributed by atoms with Gasteiger partial charge in [-0.3, -0.25) is 4.79 Å². The number of nitrogens with zero attached hydrogens (tertiary/aromatic N) is 3. The number of hydrogen-bond donors (Lipinski definition) is 1. The van der Waals surface area contributed by atoms with Gasteiger partial charge < -0.3 is 14.8 Å². The lowest BCUT2D eigenvalue weighted by Gasteiger charge is -2.33. The van der Waals surface area contributed by atoms with Gasteiger partial charge in [-0.05, 0) is 55.2 Å². The monoisotopic (exact) mass is 456 g/mol. The van der Waals surface area contributed by atoms with Crippen molar-refractivity contribution < 1.29 is 9.18 Å². The van der Waals surface area contributed by atoms with E-state index in [9.17, 15) is 9.18 Å². The molecule has 34 heavy (non-hydrogen) atoms. The molecule has 3 aromatic carbocycles. The van der Waals surface area contributed by atoms with Crippen molar-refractivity contribution in [3.63, 3.8) is 0 Å². The molecule has 0 aliphatic carbocycles.